The number of rotatable bonds is 5. The monoisotopic (exact) mass is 373 g/mol. The van der Waals surface area contributed by atoms with Gasteiger partial charge in [0, 0.05) is 17.3 Å². The maximum atomic E-state index is 13.2. The van der Waals surface area contributed by atoms with Crippen LogP contribution < -0.4 is 15.2 Å². The standard InChI is InChI=1S/C22H19N3O3/c1-27-16-9-6-14(7-10-16)20-18-5-3-4-12-25(18)22(24-20)21(26)15-8-11-17(23)19(13-15)28-2/h3-13H,23H2,1-2H3. The molecule has 0 atom stereocenters. The minimum atomic E-state index is -0.209. The molecule has 6 heteroatoms. The number of benzene rings is 2. The molecule has 0 unspecified atom stereocenters. The van der Waals surface area contributed by atoms with Gasteiger partial charge < -0.3 is 15.2 Å². The molecule has 2 aromatic carbocycles. The second-order valence-electron chi connectivity index (χ2n) is 6.25. The largest absolute Gasteiger partial charge is 0.497 e. The Morgan fingerprint density at radius 3 is 2.50 bits per heavy atom. The summed E-state index contributed by atoms with van der Waals surface area (Å²) in [6, 6.07) is 18.3. The Bertz CT molecular complexity index is 1160. The summed E-state index contributed by atoms with van der Waals surface area (Å²) in [5.74, 6) is 1.34. The van der Waals surface area contributed by atoms with E-state index in [0.29, 0.717) is 22.8 Å². The van der Waals surface area contributed by atoms with E-state index in [9.17, 15) is 4.79 Å². The quantitative estimate of drug-likeness (QED) is 0.425. The molecule has 0 amide bonds. The Kier molecular flexibility index (Phi) is 4.45. The minimum Gasteiger partial charge on any atom is -0.497 e. The highest BCUT2D eigenvalue weighted by Crippen LogP contribution is 2.29. The molecule has 2 aromatic heterocycles. The van der Waals surface area contributed by atoms with Gasteiger partial charge in [-0.15, -0.1) is 0 Å². The van der Waals surface area contributed by atoms with Crippen molar-refractivity contribution < 1.29 is 14.3 Å². The highest BCUT2D eigenvalue weighted by Gasteiger charge is 2.20. The maximum absolute atomic E-state index is 13.2. The molecule has 0 spiro atoms. The van der Waals surface area contributed by atoms with Crippen molar-refractivity contribution in [3.8, 4) is 22.8 Å². The lowest BCUT2D eigenvalue weighted by Crippen LogP contribution is -2.07. The van der Waals surface area contributed by atoms with Crippen molar-refractivity contribution in [3.05, 3.63) is 78.2 Å². The average Bonchev–Trinajstić information content (AvgIpc) is 3.13. The third-order valence-electron chi connectivity index (χ3n) is 4.61. The van der Waals surface area contributed by atoms with Crippen LogP contribution in [0, 0.1) is 0 Å². The molecule has 28 heavy (non-hydrogen) atoms. The summed E-state index contributed by atoms with van der Waals surface area (Å²) in [7, 11) is 3.14. The Morgan fingerprint density at radius 2 is 1.79 bits per heavy atom. The zero-order valence-electron chi connectivity index (χ0n) is 15.5. The molecule has 0 saturated carbocycles. The summed E-state index contributed by atoms with van der Waals surface area (Å²) >= 11 is 0. The van der Waals surface area contributed by atoms with Crippen molar-refractivity contribution in [2.24, 2.45) is 0 Å². The second-order valence-corrected chi connectivity index (χ2v) is 6.25. The molecule has 140 valence electrons. The van der Waals surface area contributed by atoms with Crippen molar-refractivity contribution in [1.29, 1.82) is 0 Å². The maximum Gasteiger partial charge on any atom is 0.228 e. The van der Waals surface area contributed by atoms with E-state index >= 15 is 0 Å². The first kappa shape index (κ1) is 17.6. The summed E-state index contributed by atoms with van der Waals surface area (Å²) in [5.41, 5.74) is 9.28. The van der Waals surface area contributed by atoms with Gasteiger partial charge in [-0.25, -0.2) is 4.98 Å². The molecule has 0 aliphatic carbocycles. The summed E-state index contributed by atoms with van der Waals surface area (Å²) in [6.07, 6.45) is 1.83. The van der Waals surface area contributed by atoms with Crippen LogP contribution in [0.2, 0.25) is 0 Å². The Hall–Kier alpha value is -3.80. The van der Waals surface area contributed by atoms with Gasteiger partial charge in [0.2, 0.25) is 5.78 Å². The number of carbonyl (C=O) groups excluding carboxylic acids is 1. The zero-order chi connectivity index (χ0) is 19.7. The number of nitrogens with two attached hydrogens (primary N) is 1. The van der Waals surface area contributed by atoms with Crippen molar-refractivity contribution >= 4 is 17.0 Å². The van der Waals surface area contributed by atoms with Gasteiger partial charge in [0.15, 0.2) is 5.82 Å². The molecule has 4 aromatic rings. The number of aromatic nitrogens is 2. The molecule has 2 heterocycles. The Balaban J connectivity index is 1.85. The first-order valence-electron chi connectivity index (χ1n) is 8.72. The van der Waals surface area contributed by atoms with E-state index < -0.39 is 0 Å². The van der Waals surface area contributed by atoms with Crippen LogP contribution in [0.4, 0.5) is 5.69 Å². The van der Waals surface area contributed by atoms with Crippen molar-refractivity contribution in [3.63, 3.8) is 0 Å². The van der Waals surface area contributed by atoms with Gasteiger partial charge >= 0.3 is 0 Å². The van der Waals surface area contributed by atoms with Crippen molar-refractivity contribution in [2.45, 2.75) is 0 Å². The number of carbonyl (C=O) groups is 1. The van der Waals surface area contributed by atoms with Gasteiger partial charge in [-0.2, -0.15) is 0 Å². The number of anilines is 1. The normalized spacial score (nSPS) is 10.8. The first-order valence-corrected chi connectivity index (χ1v) is 8.72. The lowest BCUT2D eigenvalue weighted by molar-refractivity contribution is 0.102. The summed E-state index contributed by atoms with van der Waals surface area (Å²) in [6.45, 7) is 0. The fourth-order valence-electron chi connectivity index (χ4n) is 3.14. The number of methoxy groups -OCH3 is 2. The number of fused-ring (bicyclic) bond motifs is 1. The van der Waals surface area contributed by atoms with E-state index in [2.05, 4.69) is 4.98 Å². The third kappa shape index (κ3) is 2.95. The molecule has 0 fully saturated rings. The molecular formula is C22H19N3O3. The molecule has 0 radical (unpaired) electrons. The number of nitrogen functional groups attached to an aromatic ring is 1. The summed E-state index contributed by atoms with van der Waals surface area (Å²) in [5, 5.41) is 0. The van der Waals surface area contributed by atoms with Crippen LogP contribution in [0.25, 0.3) is 16.8 Å². The highest BCUT2D eigenvalue weighted by atomic mass is 16.5. The number of nitrogens with zero attached hydrogens (tertiary/aromatic N) is 2. The molecule has 0 bridgehead atoms. The molecule has 0 aliphatic rings. The fourth-order valence-corrected chi connectivity index (χ4v) is 3.14. The highest BCUT2D eigenvalue weighted by molar-refractivity contribution is 6.08. The third-order valence-corrected chi connectivity index (χ3v) is 4.61. The van der Waals surface area contributed by atoms with Crippen molar-refractivity contribution in [2.75, 3.05) is 20.0 Å². The van der Waals surface area contributed by atoms with E-state index in [1.807, 2.05) is 48.7 Å². The number of pyridine rings is 1. The van der Waals surface area contributed by atoms with Crippen molar-refractivity contribution in [1.82, 2.24) is 9.38 Å². The number of hydrogen-bond acceptors (Lipinski definition) is 5. The molecule has 2 N–H and O–H groups in total. The predicted molar refractivity (Wildman–Crippen MR) is 108 cm³/mol. The minimum absolute atomic E-state index is 0.209. The molecule has 4 rings (SSSR count). The van der Waals surface area contributed by atoms with E-state index in [1.54, 1.807) is 29.7 Å². The SMILES string of the molecule is COc1ccc(-c2nc(C(=O)c3ccc(N)c(OC)c3)n3ccccc23)cc1. The fraction of sp³-hybridized carbons (Fsp3) is 0.0909. The van der Waals surface area contributed by atoms with Crippen LogP contribution in [0.15, 0.2) is 66.9 Å². The topological polar surface area (TPSA) is 78.8 Å². The van der Waals surface area contributed by atoms with Crippen LogP contribution >= 0.6 is 0 Å². The van der Waals surface area contributed by atoms with E-state index in [4.69, 9.17) is 15.2 Å². The average molecular weight is 373 g/mol. The Morgan fingerprint density at radius 1 is 1.00 bits per heavy atom. The summed E-state index contributed by atoms with van der Waals surface area (Å²) in [4.78, 5) is 17.9. The number of imidazole rings is 1. The summed E-state index contributed by atoms with van der Waals surface area (Å²) < 4.78 is 12.3. The van der Waals surface area contributed by atoms with Crippen LogP contribution in [0.3, 0.4) is 0 Å². The second kappa shape index (κ2) is 7.08. The van der Waals surface area contributed by atoms with Gasteiger partial charge in [0.05, 0.1) is 31.1 Å². The van der Waals surface area contributed by atoms with Gasteiger partial charge in [0.1, 0.15) is 11.5 Å². The number of ketones is 1. The molecule has 0 saturated heterocycles. The number of hydrogen-bond donors (Lipinski definition) is 1. The van der Waals surface area contributed by atoms with Gasteiger partial charge in [-0.1, -0.05) is 6.07 Å². The lowest BCUT2D eigenvalue weighted by atomic mass is 10.1. The smallest absolute Gasteiger partial charge is 0.228 e. The predicted octanol–water partition coefficient (Wildman–Crippen LogP) is 3.83. The van der Waals surface area contributed by atoms with Gasteiger partial charge in [0.25, 0.3) is 0 Å². The molecule has 0 aliphatic heterocycles. The van der Waals surface area contributed by atoms with E-state index in [0.717, 1.165) is 22.5 Å². The van der Waals surface area contributed by atoms with E-state index in [1.165, 1.54) is 7.11 Å². The van der Waals surface area contributed by atoms with Crippen LogP contribution in [-0.2, 0) is 0 Å². The lowest BCUT2D eigenvalue weighted by Gasteiger charge is -2.06. The van der Waals surface area contributed by atoms with Gasteiger partial charge in [-0.05, 0) is 54.6 Å². The Labute approximate surface area is 162 Å². The zero-order valence-corrected chi connectivity index (χ0v) is 15.5. The first-order chi connectivity index (χ1) is 13.6. The van der Waals surface area contributed by atoms with Gasteiger partial charge in [-0.3, -0.25) is 9.20 Å². The van der Waals surface area contributed by atoms with Crippen LogP contribution in [0.5, 0.6) is 11.5 Å². The van der Waals surface area contributed by atoms with E-state index in [-0.39, 0.29) is 5.78 Å². The number of ether oxygens (including phenoxy) is 2. The molecular weight excluding hydrogens is 354 g/mol. The van der Waals surface area contributed by atoms with Crippen LogP contribution in [0.1, 0.15) is 16.2 Å². The molecule has 6 nitrogen and oxygen atoms in total. The van der Waals surface area contributed by atoms with Crippen LogP contribution in [-0.4, -0.2) is 29.4 Å².